The van der Waals surface area contributed by atoms with Crippen LogP contribution in [0.1, 0.15) is 26.2 Å². The number of nitrogens with zero attached hydrogens (tertiary/aromatic N) is 1. The molecule has 1 aromatic rings. The highest BCUT2D eigenvalue weighted by molar-refractivity contribution is 9.10. The zero-order valence-corrected chi connectivity index (χ0v) is 12.7. The molecule has 0 radical (unpaired) electrons. The van der Waals surface area contributed by atoms with Crippen molar-refractivity contribution >= 4 is 15.9 Å². The number of ether oxygens (including phenoxy) is 1. The lowest BCUT2D eigenvalue weighted by molar-refractivity contribution is 0.158. The molecule has 2 nitrogen and oxygen atoms in total. The standard InChI is InChI=1S/C15H22BrNO/c1-2-17(12-13-4-3-5-13)10-11-18-15-8-6-14(16)7-9-15/h6-9,13H,2-5,10-12H2,1H3. The molecule has 1 aliphatic rings. The van der Waals surface area contributed by atoms with Gasteiger partial charge in [0.15, 0.2) is 0 Å². The average molecular weight is 312 g/mol. The molecular weight excluding hydrogens is 290 g/mol. The van der Waals surface area contributed by atoms with Gasteiger partial charge in [0, 0.05) is 17.6 Å². The lowest BCUT2D eigenvalue weighted by Gasteiger charge is -2.31. The zero-order chi connectivity index (χ0) is 12.8. The molecule has 1 aromatic carbocycles. The second-order valence-corrected chi connectivity index (χ2v) is 5.91. The summed E-state index contributed by atoms with van der Waals surface area (Å²) >= 11 is 3.43. The van der Waals surface area contributed by atoms with E-state index in [2.05, 4.69) is 27.8 Å². The summed E-state index contributed by atoms with van der Waals surface area (Å²) in [7, 11) is 0. The van der Waals surface area contributed by atoms with E-state index >= 15 is 0 Å². The summed E-state index contributed by atoms with van der Waals surface area (Å²) in [6, 6.07) is 8.04. The van der Waals surface area contributed by atoms with Crippen LogP contribution in [0, 0.1) is 5.92 Å². The minimum absolute atomic E-state index is 0.780. The van der Waals surface area contributed by atoms with Gasteiger partial charge in [0.1, 0.15) is 12.4 Å². The molecule has 0 unspecified atom stereocenters. The quantitative estimate of drug-likeness (QED) is 0.756. The topological polar surface area (TPSA) is 12.5 Å². The van der Waals surface area contributed by atoms with E-state index in [4.69, 9.17) is 4.74 Å². The Balaban J connectivity index is 1.67. The molecule has 0 atom stereocenters. The number of benzene rings is 1. The summed E-state index contributed by atoms with van der Waals surface area (Å²) in [4.78, 5) is 2.50. The molecule has 0 aromatic heterocycles. The second-order valence-electron chi connectivity index (χ2n) is 4.99. The van der Waals surface area contributed by atoms with Gasteiger partial charge in [0.05, 0.1) is 0 Å². The van der Waals surface area contributed by atoms with Gasteiger partial charge in [-0.05, 0) is 49.6 Å². The Morgan fingerprint density at radius 3 is 2.56 bits per heavy atom. The summed E-state index contributed by atoms with van der Waals surface area (Å²) in [6.45, 7) is 6.42. The molecule has 0 bridgehead atoms. The van der Waals surface area contributed by atoms with E-state index in [1.165, 1.54) is 25.8 Å². The lowest BCUT2D eigenvalue weighted by Crippen LogP contribution is -2.35. The van der Waals surface area contributed by atoms with Crippen LogP contribution in [-0.2, 0) is 0 Å². The van der Waals surface area contributed by atoms with Crippen LogP contribution >= 0.6 is 15.9 Å². The maximum Gasteiger partial charge on any atom is 0.119 e. The Morgan fingerprint density at radius 1 is 1.28 bits per heavy atom. The van der Waals surface area contributed by atoms with Crippen LogP contribution in [0.15, 0.2) is 28.7 Å². The summed E-state index contributed by atoms with van der Waals surface area (Å²) < 4.78 is 6.86. The molecule has 1 fully saturated rings. The fourth-order valence-corrected chi connectivity index (χ4v) is 2.51. The third-order valence-electron chi connectivity index (χ3n) is 3.68. The van der Waals surface area contributed by atoms with Crippen molar-refractivity contribution < 1.29 is 4.74 Å². The predicted octanol–water partition coefficient (Wildman–Crippen LogP) is 3.95. The average Bonchev–Trinajstić information content (AvgIpc) is 2.33. The highest BCUT2D eigenvalue weighted by Crippen LogP contribution is 2.26. The molecule has 2 rings (SSSR count). The Hall–Kier alpha value is -0.540. The fourth-order valence-electron chi connectivity index (χ4n) is 2.24. The van der Waals surface area contributed by atoms with E-state index in [1.807, 2.05) is 24.3 Å². The molecular formula is C15H22BrNO. The van der Waals surface area contributed by atoms with E-state index in [0.29, 0.717) is 0 Å². The van der Waals surface area contributed by atoms with E-state index in [0.717, 1.165) is 35.8 Å². The molecule has 0 saturated heterocycles. The van der Waals surface area contributed by atoms with Crippen molar-refractivity contribution in [3.63, 3.8) is 0 Å². The van der Waals surface area contributed by atoms with Crippen molar-refractivity contribution in [1.82, 2.24) is 4.90 Å². The predicted molar refractivity (Wildman–Crippen MR) is 79.1 cm³/mol. The Bertz CT molecular complexity index is 348. The van der Waals surface area contributed by atoms with Crippen LogP contribution in [-0.4, -0.2) is 31.1 Å². The molecule has 3 heteroatoms. The van der Waals surface area contributed by atoms with Crippen LogP contribution in [0.4, 0.5) is 0 Å². The maximum absolute atomic E-state index is 5.76. The largest absolute Gasteiger partial charge is 0.492 e. The molecule has 18 heavy (non-hydrogen) atoms. The van der Waals surface area contributed by atoms with E-state index in [-0.39, 0.29) is 0 Å². The SMILES string of the molecule is CCN(CCOc1ccc(Br)cc1)CC1CCC1. The first-order valence-electron chi connectivity index (χ1n) is 6.88. The van der Waals surface area contributed by atoms with Gasteiger partial charge >= 0.3 is 0 Å². The Morgan fingerprint density at radius 2 is 2.00 bits per heavy atom. The maximum atomic E-state index is 5.76. The zero-order valence-electron chi connectivity index (χ0n) is 11.1. The van der Waals surface area contributed by atoms with Gasteiger partial charge in [-0.25, -0.2) is 0 Å². The molecule has 0 amide bonds. The van der Waals surface area contributed by atoms with Crippen molar-refractivity contribution in [2.45, 2.75) is 26.2 Å². The molecule has 100 valence electrons. The first-order valence-corrected chi connectivity index (χ1v) is 7.68. The van der Waals surface area contributed by atoms with Gasteiger partial charge < -0.3 is 4.74 Å². The molecule has 0 aliphatic heterocycles. The molecule has 1 aliphatic carbocycles. The fraction of sp³-hybridized carbons (Fsp3) is 0.600. The summed E-state index contributed by atoms with van der Waals surface area (Å²) in [5, 5.41) is 0. The van der Waals surface area contributed by atoms with Crippen molar-refractivity contribution in [3.8, 4) is 5.75 Å². The van der Waals surface area contributed by atoms with Gasteiger partial charge in [0.2, 0.25) is 0 Å². The van der Waals surface area contributed by atoms with Gasteiger partial charge in [-0.3, -0.25) is 4.90 Å². The minimum atomic E-state index is 0.780. The van der Waals surface area contributed by atoms with Crippen LogP contribution in [0.2, 0.25) is 0 Å². The van der Waals surface area contributed by atoms with Crippen molar-refractivity contribution in [2.75, 3.05) is 26.2 Å². The van der Waals surface area contributed by atoms with Crippen LogP contribution in [0.25, 0.3) is 0 Å². The monoisotopic (exact) mass is 311 g/mol. The second kappa shape index (κ2) is 7.15. The molecule has 0 N–H and O–H groups in total. The third kappa shape index (κ3) is 4.29. The Kier molecular flexibility index (Phi) is 5.51. The molecule has 0 heterocycles. The van der Waals surface area contributed by atoms with E-state index in [9.17, 15) is 0 Å². The van der Waals surface area contributed by atoms with Crippen molar-refractivity contribution in [3.05, 3.63) is 28.7 Å². The number of hydrogen-bond acceptors (Lipinski definition) is 2. The first kappa shape index (κ1) is 13.9. The number of rotatable bonds is 7. The Labute approximate surface area is 118 Å². The normalized spacial score (nSPS) is 15.7. The van der Waals surface area contributed by atoms with Gasteiger partial charge in [-0.2, -0.15) is 0 Å². The highest BCUT2D eigenvalue weighted by atomic mass is 79.9. The summed E-state index contributed by atoms with van der Waals surface area (Å²) in [5.41, 5.74) is 0. The minimum Gasteiger partial charge on any atom is -0.492 e. The van der Waals surface area contributed by atoms with Gasteiger partial charge in [-0.15, -0.1) is 0 Å². The number of likely N-dealkylation sites (N-methyl/N-ethyl adjacent to an activating group) is 1. The highest BCUT2D eigenvalue weighted by Gasteiger charge is 2.19. The summed E-state index contributed by atoms with van der Waals surface area (Å²) in [6.07, 6.45) is 4.27. The van der Waals surface area contributed by atoms with E-state index < -0.39 is 0 Å². The number of hydrogen-bond donors (Lipinski definition) is 0. The lowest BCUT2D eigenvalue weighted by atomic mass is 9.85. The van der Waals surface area contributed by atoms with Crippen LogP contribution in [0.5, 0.6) is 5.75 Å². The third-order valence-corrected chi connectivity index (χ3v) is 4.21. The molecule has 1 saturated carbocycles. The van der Waals surface area contributed by atoms with Crippen LogP contribution in [0.3, 0.4) is 0 Å². The van der Waals surface area contributed by atoms with Crippen molar-refractivity contribution in [2.24, 2.45) is 5.92 Å². The van der Waals surface area contributed by atoms with Gasteiger partial charge in [-0.1, -0.05) is 29.3 Å². The van der Waals surface area contributed by atoms with Crippen LogP contribution < -0.4 is 4.74 Å². The smallest absolute Gasteiger partial charge is 0.119 e. The number of halogens is 1. The summed E-state index contributed by atoms with van der Waals surface area (Å²) in [5.74, 6) is 1.90. The van der Waals surface area contributed by atoms with Gasteiger partial charge in [0.25, 0.3) is 0 Å². The molecule has 0 spiro atoms. The first-order chi connectivity index (χ1) is 8.78. The van der Waals surface area contributed by atoms with Crippen molar-refractivity contribution in [1.29, 1.82) is 0 Å². The van der Waals surface area contributed by atoms with E-state index in [1.54, 1.807) is 0 Å².